The molecule has 0 fully saturated rings. The van der Waals surface area contributed by atoms with Crippen molar-refractivity contribution < 1.29 is 14.9 Å². The highest BCUT2D eigenvalue weighted by Gasteiger charge is 2.14. The summed E-state index contributed by atoms with van der Waals surface area (Å²) in [6, 6.07) is 1.46. The van der Waals surface area contributed by atoms with Gasteiger partial charge in [0.1, 0.15) is 5.75 Å². The van der Waals surface area contributed by atoms with Crippen molar-refractivity contribution >= 4 is 0 Å². The SMILES string of the molecule is COc1cc(O)c(C)c(CC=C(C)CCC=C(C)CCC=C(C)CCC=C(C)CCC=C(C)CCC=C(C)C)c1O. The van der Waals surface area contributed by atoms with E-state index in [0.29, 0.717) is 23.3 Å². The van der Waals surface area contributed by atoms with Gasteiger partial charge in [0.25, 0.3) is 0 Å². The lowest BCUT2D eigenvalue weighted by Crippen LogP contribution is -1.94. The summed E-state index contributed by atoms with van der Waals surface area (Å²) in [6.45, 7) is 17.3. The average molecular weight is 563 g/mol. The van der Waals surface area contributed by atoms with Gasteiger partial charge in [0.05, 0.1) is 7.11 Å². The van der Waals surface area contributed by atoms with Crippen LogP contribution >= 0.6 is 0 Å². The molecule has 41 heavy (non-hydrogen) atoms. The molecule has 1 aromatic rings. The number of benzene rings is 1. The quantitative estimate of drug-likeness (QED) is 0.138. The van der Waals surface area contributed by atoms with Crippen LogP contribution in [0.1, 0.15) is 124 Å². The number of methoxy groups -OCH3 is 1. The Morgan fingerprint density at radius 1 is 0.610 bits per heavy atom. The zero-order valence-corrected chi connectivity index (χ0v) is 27.6. The maximum Gasteiger partial charge on any atom is 0.164 e. The lowest BCUT2D eigenvalue weighted by Gasteiger charge is -2.13. The van der Waals surface area contributed by atoms with Crippen LogP contribution in [0.15, 0.2) is 76.0 Å². The molecule has 0 saturated carbocycles. The normalized spacial score (nSPS) is 13.5. The van der Waals surface area contributed by atoms with Gasteiger partial charge in [-0.2, -0.15) is 0 Å². The van der Waals surface area contributed by atoms with Gasteiger partial charge in [-0.15, -0.1) is 0 Å². The minimum absolute atomic E-state index is 0.112. The molecule has 228 valence electrons. The number of hydrogen-bond donors (Lipinski definition) is 2. The van der Waals surface area contributed by atoms with E-state index in [1.807, 2.05) is 6.92 Å². The van der Waals surface area contributed by atoms with Gasteiger partial charge in [-0.25, -0.2) is 0 Å². The van der Waals surface area contributed by atoms with Crippen molar-refractivity contribution in [2.45, 2.75) is 126 Å². The summed E-state index contributed by atoms with van der Waals surface area (Å²) < 4.78 is 5.18. The molecule has 1 aromatic carbocycles. The minimum Gasteiger partial charge on any atom is -0.508 e. The minimum atomic E-state index is 0.112. The first-order chi connectivity index (χ1) is 19.4. The van der Waals surface area contributed by atoms with Crippen molar-refractivity contribution in [3.63, 3.8) is 0 Å². The molecule has 0 amide bonds. The van der Waals surface area contributed by atoms with Gasteiger partial charge in [-0.1, -0.05) is 69.9 Å². The van der Waals surface area contributed by atoms with E-state index < -0.39 is 0 Å². The maximum atomic E-state index is 10.4. The Hall–Kier alpha value is -2.94. The van der Waals surface area contributed by atoms with Gasteiger partial charge in [-0.05, 0) is 132 Å². The predicted molar refractivity (Wildman–Crippen MR) is 179 cm³/mol. The molecular weight excluding hydrogens is 504 g/mol. The average Bonchev–Trinajstić information content (AvgIpc) is 2.90. The summed E-state index contributed by atoms with van der Waals surface area (Å²) in [5.41, 5.74) is 10.0. The Balaban J connectivity index is 2.38. The molecule has 0 spiro atoms. The van der Waals surface area contributed by atoms with E-state index in [-0.39, 0.29) is 11.5 Å². The van der Waals surface area contributed by atoms with Crippen LogP contribution in [0.4, 0.5) is 0 Å². The molecule has 0 aliphatic rings. The van der Waals surface area contributed by atoms with Crippen molar-refractivity contribution in [2.75, 3.05) is 7.11 Å². The Morgan fingerprint density at radius 3 is 1.34 bits per heavy atom. The van der Waals surface area contributed by atoms with Crippen LogP contribution in [-0.4, -0.2) is 17.3 Å². The lowest BCUT2D eigenvalue weighted by molar-refractivity contribution is 0.365. The molecule has 2 N–H and O–H groups in total. The molecule has 0 atom stereocenters. The largest absolute Gasteiger partial charge is 0.508 e. The number of aromatic hydroxyl groups is 2. The van der Waals surface area contributed by atoms with Gasteiger partial charge in [0, 0.05) is 11.6 Å². The van der Waals surface area contributed by atoms with Crippen LogP contribution in [0.25, 0.3) is 0 Å². The van der Waals surface area contributed by atoms with E-state index in [1.54, 1.807) is 0 Å². The third-order valence-corrected chi connectivity index (χ3v) is 7.72. The molecule has 0 unspecified atom stereocenters. The molecule has 1 rings (SSSR count). The van der Waals surface area contributed by atoms with E-state index in [4.69, 9.17) is 4.74 Å². The highest BCUT2D eigenvalue weighted by molar-refractivity contribution is 5.56. The van der Waals surface area contributed by atoms with Crippen molar-refractivity contribution in [3.8, 4) is 17.2 Å². The summed E-state index contributed by atoms with van der Waals surface area (Å²) in [4.78, 5) is 0. The lowest BCUT2D eigenvalue weighted by atomic mass is 10.00. The van der Waals surface area contributed by atoms with Crippen molar-refractivity contribution in [3.05, 3.63) is 87.1 Å². The number of phenolic OH excluding ortho intramolecular Hbond substituents is 2. The molecule has 0 saturated heterocycles. The monoisotopic (exact) mass is 562 g/mol. The number of rotatable bonds is 18. The van der Waals surface area contributed by atoms with Crippen LogP contribution < -0.4 is 4.74 Å². The summed E-state index contributed by atoms with van der Waals surface area (Å²) in [5, 5.41) is 20.6. The fourth-order valence-corrected chi connectivity index (χ4v) is 4.75. The number of phenols is 2. The smallest absolute Gasteiger partial charge is 0.164 e. The second kappa shape index (κ2) is 20.0. The standard InChI is InChI=1S/C38H58O3/c1-28(2)15-10-16-29(3)17-11-18-30(4)19-12-20-31(5)21-13-22-32(6)23-14-24-33(7)25-26-35-34(8)36(39)27-37(41-9)38(35)40/h15,17,19,21,23,25,27,39-40H,10-14,16,18,20,22,24,26H2,1-9H3. The Morgan fingerprint density at radius 2 is 0.976 bits per heavy atom. The first kappa shape index (κ1) is 36.1. The first-order valence-corrected chi connectivity index (χ1v) is 15.4. The molecule has 0 aliphatic heterocycles. The molecule has 0 bridgehead atoms. The molecule has 0 aromatic heterocycles. The third-order valence-electron chi connectivity index (χ3n) is 7.72. The van der Waals surface area contributed by atoms with Gasteiger partial charge < -0.3 is 14.9 Å². The molecule has 3 heteroatoms. The summed E-state index contributed by atoms with van der Waals surface area (Å²) in [5.74, 6) is 0.569. The van der Waals surface area contributed by atoms with Gasteiger partial charge in [-0.3, -0.25) is 0 Å². The molecular formula is C38H58O3. The summed E-state index contributed by atoms with van der Waals surface area (Å²) in [7, 11) is 1.50. The van der Waals surface area contributed by atoms with Gasteiger partial charge in [0.2, 0.25) is 0 Å². The van der Waals surface area contributed by atoms with Crippen LogP contribution in [-0.2, 0) is 6.42 Å². The molecule has 3 nitrogen and oxygen atoms in total. The zero-order valence-electron chi connectivity index (χ0n) is 27.6. The predicted octanol–water partition coefficient (Wildman–Crippen LogP) is 11.6. The zero-order chi connectivity index (χ0) is 30.8. The molecule has 0 aliphatic carbocycles. The van der Waals surface area contributed by atoms with E-state index in [9.17, 15) is 10.2 Å². The van der Waals surface area contributed by atoms with Crippen LogP contribution in [0.3, 0.4) is 0 Å². The Bertz CT molecular complexity index is 1130. The summed E-state index contributed by atoms with van der Waals surface area (Å²) in [6.07, 6.45) is 25.7. The number of ether oxygens (including phenoxy) is 1. The second-order valence-electron chi connectivity index (χ2n) is 12.0. The van der Waals surface area contributed by atoms with Crippen molar-refractivity contribution in [2.24, 2.45) is 0 Å². The first-order valence-electron chi connectivity index (χ1n) is 15.4. The van der Waals surface area contributed by atoms with E-state index in [2.05, 4.69) is 84.9 Å². The van der Waals surface area contributed by atoms with Gasteiger partial charge >= 0.3 is 0 Å². The highest BCUT2D eigenvalue weighted by atomic mass is 16.5. The Kier molecular flexibility index (Phi) is 17.6. The Labute approximate surface area is 252 Å². The van der Waals surface area contributed by atoms with Crippen LogP contribution in [0.5, 0.6) is 17.2 Å². The number of allylic oxidation sites excluding steroid dienone is 12. The third kappa shape index (κ3) is 15.6. The van der Waals surface area contributed by atoms with Crippen molar-refractivity contribution in [1.29, 1.82) is 0 Å². The topological polar surface area (TPSA) is 49.7 Å². The highest BCUT2D eigenvalue weighted by Crippen LogP contribution is 2.38. The van der Waals surface area contributed by atoms with Crippen LogP contribution in [0.2, 0.25) is 0 Å². The van der Waals surface area contributed by atoms with Crippen LogP contribution in [0, 0.1) is 6.92 Å². The number of hydrogen-bond acceptors (Lipinski definition) is 3. The molecule has 0 heterocycles. The second-order valence-corrected chi connectivity index (χ2v) is 12.0. The molecule has 0 radical (unpaired) electrons. The van der Waals surface area contributed by atoms with E-state index >= 15 is 0 Å². The maximum absolute atomic E-state index is 10.4. The van der Waals surface area contributed by atoms with E-state index in [1.165, 1.54) is 53.0 Å². The fraction of sp³-hybridized carbons (Fsp3) is 0.526. The van der Waals surface area contributed by atoms with E-state index in [0.717, 1.165) is 57.8 Å². The van der Waals surface area contributed by atoms with Gasteiger partial charge in [0.15, 0.2) is 11.5 Å². The van der Waals surface area contributed by atoms with Crippen molar-refractivity contribution in [1.82, 2.24) is 0 Å². The fourth-order valence-electron chi connectivity index (χ4n) is 4.75. The summed E-state index contributed by atoms with van der Waals surface area (Å²) >= 11 is 0.